The van der Waals surface area contributed by atoms with Crippen LogP contribution >= 0.6 is 0 Å². The molecule has 0 unspecified atom stereocenters. The molecule has 1 aliphatic rings. The molecule has 1 amide bonds. The van der Waals surface area contributed by atoms with Crippen molar-refractivity contribution in [2.45, 2.75) is 26.7 Å². The standard InChI is InChI=1S/C20H21N5O/c1-3-12-4-5-22-9-15(12)17-7-13-8-18(23-10-16(13)19(21)24-17)25-20(26)14-6-11(14)2/h4-5,7-11,14H,3,6H2,1-2H3,(H2,21,24)(H,23,25,26)/t11-,14+/m0/s1. The topological polar surface area (TPSA) is 93.8 Å². The summed E-state index contributed by atoms with van der Waals surface area (Å²) in [4.78, 5) is 25.2. The number of aromatic nitrogens is 3. The number of anilines is 2. The second-order valence-electron chi connectivity index (χ2n) is 6.88. The summed E-state index contributed by atoms with van der Waals surface area (Å²) < 4.78 is 0. The Balaban J connectivity index is 1.73. The molecule has 0 saturated heterocycles. The lowest BCUT2D eigenvalue weighted by atomic mass is 10.0. The predicted molar refractivity (Wildman–Crippen MR) is 102 cm³/mol. The minimum absolute atomic E-state index is 0.0344. The monoisotopic (exact) mass is 347 g/mol. The van der Waals surface area contributed by atoms with Crippen LogP contribution in [0.4, 0.5) is 11.6 Å². The number of rotatable bonds is 4. The summed E-state index contributed by atoms with van der Waals surface area (Å²) in [6.07, 6.45) is 7.08. The number of nitrogens with zero attached hydrogens (tertiary/aromatic N) is 3. The van der Waals surface area contributed by atoms with E-state index in [2.05, 4.69) is 34.1 Å². The van der Waals surface area contributed by atoms with Gasteiger partial charge in [0.2, 0.25) is 5.91 Å². The molecule has 0 bridgehead atoms. The van der Waals surface area contributed by atoms with Gasteiger partial charge in [0, 0.05) is 35.5 Å². The fraction of sp³-hybridized carbons (Fsp3) is 0.300. The number of fused-ring (bicyclic) bond motifs is 1. The summed E-state index contributed by atoms with van der Waals surface area (Å²) in [5, 5.41) is 4.57. The average molecular weight is 347 g/mol. The Kier molecular flexibility index (Phi) is 4.03. The molecule has 3 aromatic heterocycles. The first-order valence-corrected chi connectivity index (χ1v) is 8.87. The molecular formula is C20H21N5O. The van der Waals surface area contributed by atoms with E-state index in [1.54, 1.807) is 12.4 Å². The quantitative estimate of drug-likeness (QED) is 0.754. The first kappa shape index (κ1) is 16.4. The van der Waals surface area contributed by atoms with E-state index < -0.39 is 0 Å². The first-order valence-electron chi connectivity index (χ1n) is 8.87. The van der Waals surface area contributed by atoms with Crippen molar-refractivity contribution in [3.05, 3.63) is 42.4 Å². The van der Waals surface area contributed by atoms with Crippen molar-refractivity contribution < 1.29 is 4.79 Å². The number of carbonyl (C=O) groups is 1. The summed E-state index contributed by atoms with van der Waals surface area (Å²) in [6, 6.07) is 5.81. The summed E-state index contributed by atoms with van der Waals surface area (Å²) in [5.41, 5.74) is 9.07. The van der Waals surface area contributed by atoms with Gasteiger partial charge in [-0.25, -0.2) is 9.97 Å². The Labute approximate surface area is 151 Å². The molecule has 4 rings (SSSR count). The highest BCUT2D eigenvalue weighted by molar-refractivity contribution is 5.98. The number of nitrogens with two attached hydrogens (primary N) is 1. The van der Waals surface area contributed by atoms with Crippen LogP contribution < -0.4 is 11.1 Å². The lowest BCUT2D eigenvalue weighted by molar-refractivity contribution is -0.117. The highest BCUT2D eigenvalue weighted by Crippen LogP contribution is 2.38. The minimum Gasteiger partial charge on any atom is -0.383 e. The van der Waals surface area contributed by atoms with Crippen LogP contribution in [0.5, 0.6) is 0 Å². The number of nitrogen functional groups attached to an aromatic ring is 1. The largest absolute Gasteiger partial charge is 0.383 e. The zero-order valence-corrected chi connectivity index (χ0v) is 14.9. The number of pyridine rings is 3. The third-order valence-corrected chi connectivity index (χ3v) is 5.01. The van der Waals surface area contributed by atoms with Crippen molar-refractivity contribution in [2.24, 2.45) is 11.8 Å². The van der Waals surface area contributed by atoms with Gasteiger partial charge < -0.3 is 11.1 Å². The molecule has 6 nitrogen and oxygen atoms in total. The zero-order chi connectivity index (χ0) is 18.3. The van der Waals surface area contributed by atoms with Crippen molar-refractivity contribution in [1.29, 1.82) is 0 Å². The van der Waals surface area contributed by atoms with Gasteiger partial charge in [0.25, 0.3) is 0 Å². The third kappa shape index (κ3) is 2.98. The molecule has 1 saturated carbocycles. The van der Waals surface area contributed by atoms with Gasteiger partial charge in [0.05, 0.1) is 5.69 Å². The summed E-state index contributed by atoms with van der Waals surface area (Å²) in [7, 11) is 0. The van der Waals surface area contributed by atoms with Gasteiger partial charge in [-0.05, 0) is 47.9 Å². The molecular weight excluding hydrogens is 326 g/mol. The number of aryl methyl sites for hydroxylation is 1. The normalized spacial score (nSPS) is 18.7. The van der Waals surface area contributed by atoms with Crippen molar-refractivity contribution in [2.75, 3.05) is 11.1 Å². The van der Waals surface area contributed by atoms with Crippen LogP contribution in [0.15, 0.2) is 36.8 Å². The van der Waals surface area contributed by atoms with Gasteiger partial charge in [-0.2, -0.15) is 0 Å². The van der Waals surface area contributed by atoms with Gasteiger partial charge in [0.15, 0.2) is 0 Å². The second kappa shape index (κ2) is 6.37. The lowest BCUT2D eigenvalue weighted by Crippen LogP contribution is -2.15. The molecule has 6 heteroatoms. The van der Waals surface area contributed by atoms with E-state index in [-0.39, 0.29) is 11.8 Å². The van der Waals surface area contributed by atoms with Crippen LogP contribution in [-0.2, 0) is 11.2 Å². The van der Waals surface area contributed by atoms with Crippen LogP contribution in [0, 0.1) is 11.8 Å². The maximum absolute atomic E-state index is 12.2. The molecule has 3 N–H and O–H groups in total. The molecule has 0 aromatic carbocycles. The van der Waals surface area contributed by atoms with E-state index in [9.17, 15) is 4.79 Å². The van der Waals surface area contributed by atoms with E-state index in [1.165, 1.54) is 0 Å². The Bertz CT molecular complexity index is 1000. The fourth-order valence-corrected chi connectivity index (χ4v) is 3.25. The third-order valence-electron chi connectivity index (χ3n) is 5.01. The van der Waals surface area contributed by atoms with E-state index in [1.807, 2.05) is 24.4 Å². The van der Waals surface area contributed by atoms with Crippen molar-refractivity contribution in [3.63, 3.8) is 0 Å². The molecule has 3 heterocycles. The van der Waals surface area contributed by atoms with Crippen molar-refractivity contribution >= 4 is 28.3 Å². The maximum atomic E-state index is 12.2. The first-order chi connectivity index (χ1) is 12.6. The van der Waals surface area contributed by atoms with Crippen LogP contribution in [0.3, 0.4) is 0 Å². The highest BCUT2D eigenvalue weighted by Gasteiger charge is 2.39. The van der Waals surface area contributed by atoms with Crippen LogP contribution in [0.2, 0.25) is 0 Å². The molecule has 26 heavy (non-hydrogen) atoms. The molecule has 1 fully saturated rings. The van der Waals surface area contributed by atoms with E-state index in [0.29, 0.717) is 17.6 Å². The Hall–Kier alpha value is -3.02. The maximum Gasteiger partial charge on any atom is 0.228 e. The SMILES string of the molecule is CCc1ccncc1-c1cc2cc(NC(=O)[C@@H]3C[C@@H]3C)ncc2c(N)n1. The molecule has 132 valence electrons. The predicted octanol–water partition coefficient (Wildman–Crippen LogP) is 3.43. The molecule has 0 spiro atoms. The Morgan fingerprint density at radius 3 is 2.88 bits per heavy atom. The number of carbonyl (C=O) groups excluding carboxylic acids is 1. The van der Waals surface area contributed by atoms with Gasteiger partial charge in [-0.1, -0.05) is 13.8 Å². The zero-order valence-electron chi connectivity index (χ0n) is 14.9. The highest BCUT2D eigenvalue weighted by atomic mass is 16.2. The smallest absolute Gasteiger partial charge is 0.228 e. The van der Waals surface area contributed by atoms with Crippen LogP contribution in [-0.4, -0.2) is 20.9 Å². The average Bonchev–Trinajstić information content (AvgIpc) is 3.38. The van der Waals surface area contributed by atoms with Gasteiger partial charge in [-0.15, -0.1) is 0 Å². The summed E-state index contributed by atoms with van der Waals surface area (Å²) in [5.74, 6) is 1.56. The molecule has 0 radical (unpaired) electrons. The Morgan fingerprint density at radius 2 is 2.15 bits per heavy atom. The van der Waals surface area contributed by atoms with Crippen molar-refractivity contribution in [1.82, 2.24) is 15.0 Å². The summed E-state index contributed by atoms with van der Waals surface area (Å²) >= 11 is 0. The van der Waals surface area contributed by atoms with Gasteiger partial charge >= 0.3 is 0 Å². The number of amides is 1. The lowest BCUT2D eigenvalue weighted by Gasteiger charge is -2.10. The second-order valence-corrected chi connectivity index (χ2v) is 6.88. The van der Waals surface area contributed by atoms with Crippen LogP contribution in [0.1, 0.15) is 25.8 Å². The molecule has 3 aromatic rings. The molecule has 0 aliphatic heterocycles. The number of nitrogens with one attached hydrogen (secondary N) is 1. The van der Waals surface area contributed by atoms with Crippen LogP contribution in [0.25, 0.3) is 22.0 Å². The van der Waals surface area contributed by atoms with E-state index >= 15 is 0 Å². The molecule has 2 atom stereocenters. The Morgan fingerprint density at radius 1 is 1.35 bits per heavy atom. The fourth-order valence-electron chi connectivity index (χ4n) is 3.25. The van der Waals surface area contributed by atoms with Gasteiger partial charge in [0.1, 0.15) is 11.6 Å². The van der Waals surface area contributed by atoms with E-state index in [0.717, 1.165) is 40.4 Å². The van der Waals surface area contributed by atoms with Gasteiger partial charge in [-0.3, -0.25) is 9.78 Å². The number of hydrogen-bond donors (Lipinski definition) is 2. The summed E-state index contributed by atoms with van der Waals surface area (Å²) in [6.45, 7) is 4.18. The van der Waals surface area contributed by atoms with Crippen molar-refractivity contribution in [3.8, 4) is 11.3 Å². The molecule has 1 aliphatic carbocycles. The van der Waals surface area contributed by atoms with E-state index in [4.69, 9.17) is 5.73 Å². The minimum atomic E-state index is 0.0344. The number of hydrogen-bond acceptors (Lipinski definition) is 5.